The van der Waals surface area contributed by atoms with Gasteiger partial charge in [-0.25, -0.2) is 5.10 Å². The largest absolute Gasteiger partial charge is 0.379 e. The third kappa shape index (κ3) is 4.16. The third-order valence-corrected chi connectivity index (χ3v) is 2.74. The molecule has 6 heteroatoms. The van der Waals surface area contributed by atoms with E-state index >= 15 is 0 Å². The summed E-state index contributed by atoms with van der Waals surface area (Å²) in [5, 5.41) is 9.45. The van der Waals surface area contributed by atoms with Crippen molar-refractivity contribution in [3.05, 3.63) is 22.5 Å². The van der Waals surface area contributed by atoms with Crippen LogP contribution in [0.5, 0.6) is 0 Å². The molecule has 1 aromatic heterocycles. The van der Waals surface area contributed by atoms with Crippen LogP contribution in [-0.2, 0) is 4.74 Å². The zero-order valence-corrected chi connectivity index (χ0v) is 9.82. The first-order valence-corrected chi connectivity index (χ1v) is 5.94. The molecule has 6 nitrogen and oxygen atoms in total. The predicted octanol–water partition coefficient (Wildman–Crippen LogP) is -0.0959. The number of morpholine rings is 1. The minimum atomic E-state index is -0.177. The summed E-state index contributed by atoms with van der Waals surface area (Å²) >= 11 is 0. The van der Waals surface area contributed by atoms with Crippen LogP contribution in [0.2, 0.25) is 0 Å². The molecule has 0 spiro atoms. The monoisotopic (exact) mass is 238 g/mol. The van der Waals surface area contributed by atoms with Crippen molar-refractivity contribution in [2.24, 2.45) is 0 Å². The first-order chi connectivity index (χ1) is 8.34. The Morgan fingerprint density at radius 2 is 2.24 bits per heavy atom. The Hall–Kier alpha value is -1.40. The average Bonchev–Trinajstić information content (AvgIpc) is 2.38. The van der Waals surface area contributed by atoms with Crippen LogP contribution >= 0.6 is 0 Å². The fourth-order valence-electron chi connectivity index (χ4n) is 1.79. The number of hydrogen-bond donors (Lipinski definition) is 2. The Labute approximate surface area is 100.0 Å². The number of anilines is 1. The van der Waals surface area contributed by atoms with E-state index in [1.807, 2.05) is 0 Å². The zero-order chi connectivity index (χ0) is 11.9. The Morgan fingerprint density at radius 3 is 2.94 bits per heavy atom. The lowest BCUT2D eigenvalue weighted by Crippen LogP contribution is -2.37. The highest BCUT2D eigenvalue weighted by atomic mass is 16.5. The second-order valence-corrected chi connectivity index (χ2v) is 4.04. The number of aromatic nitrogens is 2. The molecule has 0 bridgehead atoms. The first-order valence-electron chi connectivity index (χ1n) is 5.94. The van der Waals surface area contributed by atoms with Gasteiger partial charge in [-0.05, 0) is 19.0 Å². The van der Waals surface area contributed by atoms with Gasteiger partial charge in [-0.3, -0.25) is 9.69 Å². The highest BCUT2D eigenvalue weighted by Crippen LogP contribution is 1.99. The summed E-state index contributed by atoms with van der Waals surface area (Å²) in [7, 11) is 0. The average molecular weight is 238 g/mol. The van der Waals surface area contributed by atoms with Gasteiger partial charge in [0.15, 0.2) is 0 Å². The first kappa shape index (κ1) is 12.1. The van der Waals surface area contributed by atoms with Gasteiger partial charge < -0.3 is 10.1 Å². The topological polar surface area (TPSA) is 70.2 Å². The normalized spacial score (nSPS) is 16.9. The van der Waals surface area contributed by atoms with Crippen LogP contribution in [0.4, 0.5) is 5.82 Å². The van der Waals surface area contributed by atoms with E-state index in [0.29, 0.717) is 5.82 Å². The number of ether oxygens (including phenoxy) is 1. The number of aromatic amines is 1. The van der Waals surface area contributed by atoms with Gasteiger partial charge in [-0.1, -0.05) is 0 Å². The second kappa shape index (κ2) is 6.36. The van der Waals surface area contributed by atoms with Crippen LogP contribution in [0, 0.1) is 0 Å². The molecule has 2 rings (SSSR count). The smallest absolute Gasteiger partial charge is 0.264 e. The van der Waals surface area contributed by atoms with Crippen molar-refractivity contribution >= 4 is 5.82 Å². The minimum Gasteiger partial charge on any atom is -0.379 e. The summed E-state index contributed by atoms with van der Waals surface area (Å²) in [6, 6.07) is 3.16. The fourth-order valence-corrected chi connectivity index (χ4v) is 1.79. The fraction of sp³-hybridized carbons (Fsp3) is 0.636. The second-order valence-electron chi connectivity index (χ2n) is 4.04. The highest BCUT2D eigenvalue weighted by molar-refractivity contribution is 5.31. The van der Waals surface area contributed by atoms with Gasteiger partial charge in [0.1, 0.15) is 5.82 Å². The third-order valence-electron chi connectivity index (χ3n) is 2.74. The molecule has 0 radical (unpaired) electrons. The number of nitrogens with one attached hydrogen (secondary N) is 2. The number of H-pyrrole nitrogens is 1. The van der Waals surface area contributed by atoms with Gasteiger partial charge in [-0.15, -0.1) is 0 Å². The van der Waals surface area contributed by atoms with Crippen molar-refractivity contribution in [2.45, 2.75) is 6.42 Å². The summed E-state index contributed by atoms with van der Waals surface area (Å²) in [6.45, 7) is 5.66. The van der Waals surface area contributed by atoms with Crippen molar-refractivity contribution in [3.8, 4) is 0 Å². The highest BCUT2D eigenvalue weighted by Gasteiger charge is 2.08. The van der Waals surface area contributed by atoms with Gasteiger partial charge in [0.05, 0.1) is 13.2 Å². The number of nitrogens with zero attached hydrogens (tertiary/aromatic N) is 2. The van der Waals surface area contributed by atoms with E-state index in [0.717, 1.165) is 45.8 Å². The van der Waals surface area contributed by atoms with E-state index in [2.05, 4.69) is 20.4 Å². The summed E-state index contributed by atoms with van der Waals surface area (Å²) in [5.41, 5.74) is -0.177. The molecule has 0 saturated carbocycles. The molecule has 1 aliphatic heterocycles. The lowest BCUT2D eigenvalue weighted by molar-refractivity contribution is 0.0378. The molecule has 94 valence electrons. The lowest BCUT2D eigenvalue weighted by Gasteiger charge is -2.26. The van der Waals surface area contributed by atoms with E-state index < -0.39 is 0 Å². The van der Waals surface area contributed by atoms with Crippen LogP contribution < -0.4 is 10.9 Å². The molecule has 1 aromatic rings. The van der Waals surface area contributed by atoms with E-state index in [4.69, 9.17) is 4.74 Å². The minimum absolute atomic E-state index is 0.177. The van der Waals surface area contributed by atoms with Crippen molar-refractivity contribution < 1.29 is 4.74 Å². The van der Waals surface area contributed by atoms with Crippen molar-refractivity contribution in [3.63, 3.8) is 0 Å². The van der Waals surface area contributed by atoms with Gasteiger partial charge in [-0.2, -0.15) is 5.10 Å². The maximum absolute atomic E-state index is 10.8. The zero-order valence-electron chi connectivity index (χ0n) is 9.82. The molecule has 0 aromatic carbocycles. The van der Waals surface area contributed by atoms with E-state index in [9.17, 15) is 4.79 Å². The molecule has 0 amide bonds. The molecule has 1 fully saturated rings. The molecule has 17 heavy (non-hydrogen) atoms. The number of hydrogen-bond acceptors (Lipinski definition) is 5. The molecule has 0 atom stereocenters. The van der Waals surface area contributed by atoms with Crippen molar-refractivity contribution in [1.29, 1.82) is 0 Å². The van der Waals surface area contributed by atoms with E-state index in [1.54, 1.807) is 6.07 Å². The Balaban J connectivity index is 1.62. The van der Waals surface area contributed by atoms with Crippen LogP contribution in [0.15, 0.2) is 16.9 Å². The quantitative estimate of drug-likeness (QED) is 0.701. The van der Waals surface area contributed by atoms with Gasteiger partial charge in [0.25, 0.3) is 5.56 Å². The molecule has 1 aliphatic rings. The lowest BCUT2D eigenvalue weighted by atomic mass is 10.3. The Morgan fingerprint density at radius 1 is 1.41 bits per heavy atom. The van der Waals surface area contributed by atoms with Crippen molar-refractivity contribution in [1.82, 2.24) is 15.1 Å². The van der Waals surface area contributed by atoms with Crippen LogP contribution in [0.25, 0.3) is 0 Å². The van der Waals surface area contributed by atoms with Gasteiger partial charge in [0, 0.05) is 25.7 Å². The molecule has 2 heterocycles. The Bertz CT molecular complexity index is 367. The molecule has 1 saturated heterocycles. The summed E-state index contributed by atoms with van der Waals surface area (Å²) in [4.78, 5) is 13.2. The Kier molecular flexibility index (Phi) is 4.52. The maximum atomic E-state index is 10.8. The summed E-state index contributed by atoms with van der Waals surface area (Å²) in [6.07, 6.45) is 1.06. The van der Waals surface area contributed by atoms with Crippen molar-refractivity contribution in [2.75, 3.05) is 44.7 Å². The van der Waals surface area contributed by atoms with E-state index in [1.165, 1.54) is 6.07 Å². The molecule has 0 unspecified atom stereocenters. The molecular weight excluding hydrogens is 220 g/mol. The van der Waals surface area contributed by atoms with Crippen LogP contribution in [0.1, 0.15) is 6.42 Å². The maximum Gasteiger partial charge on any atom is 0.264 e. The number of rotatable bonds is 5. The van der Waals surface area contributed by atoms with E-state index in [-0.39, 0.29) is 5.56 Å². The molecular formula is C11H18N4O2. The predicted molar refractivity (Wildman–Crippen MR) is 65.2 cm³/mol. The summed E-state index contributed by atoms with van der Waals surface area (Å²) in [5.74, 6) is 0.714. The SMILES string of the molecule is O=c1ccc(NCCCN2CCOCC2)n[nH]1. The standard InChI is InChI=1S/C11H18N4O2/c16-11-3-2-10(13-14-11)12-4-1-5-15-6-8-17-9-7-15/h2-3H,1,4-9H2,(H,12,13)(H,14,16). The summed E-state index contributed by atoms with van der Waals surface area (Å²) < 4.78 is 5.29. The van der Waals surface area contributed by atoms with Crippen LogP contribution in [0.3, 0.4) is 0 Å². The van der Waals surface area contributed by atoms with Crippen LogP contribution in [-0.4, -0.2) is 54.5 Å². The van der Waals surface area contributed by atoms with Gasteiger partial charge in [0.2, 0.25) is 0 Å². The molecule has 0 aliphatic carbocycles. The molecule has 2 N–H and O–H groups in total. The van der Waals surface area contributed by atoms with Gasteiger partial charge >= 0.3 is 0 Å².